The second kappa shape index (κ2) is 3.76. The maximum absolute atomic E-state index is 11.5. The standard InChI is InChI=1S/C6H7FN2O/c7-2-4-10-6-1-3-8-5-9-6/h1,3,5H,2,4H2. The third-order valence-corrected chi connectivity index (χ3v) is 0.882. The number of alkyl halides is 1. The fraction of sp³-hybridized carbons (Fsp3) is 0.333. The molecule has 0 spiro atoms. The van der Waals surface area contributed by atoms with Crippen LogP contribution in [0.4, 0.5) is 4.39 Å². The molecule has 0 aliphatic carbocycles. The number of rotatable bonds is 3. The van der Waals surface area contributed by atoms with E-state index in [1.807, 2.05) is 0 Å². The summed E-state index contributed by atoms with van der Waals surface area (Å²) in [5, 5.41) is 0. The van der Waals surface area contributed by atoms with Gasteiger partial charge in [0.15, 0.2) is 0 Å². The smallest absolute Gasteiger partial charge is 0.216 e. The SMILES string of the molecule is FCCOc1ccncn1. The molecule has 1 heterocycles. The monoisotopic (exact) mass is 142 g/mol. The van der Waals surface area contributed by atoms with Gasteiger partial charge < -0.3 is 4.74 Å². The van der Waals surface area contributed by atoms with Crippen LogP contribution in [0.5, 0.6) is 5.88 Å². The van der Waals surface area contributed by atoms with Gasteiger partial charge in [-0.3, -0.25) is 0 Å². The first-order valence-electron chi connectivity index (χ1n) is 2.88. The third kappa shape index (κ3) is 1.97. The van der Waals surface area contributed by atoms with Crippen molar-refractivity contribution in [1.82, 2.24) is 9.97 Å². The quantitative estimate of drug-likeness (QED) is 0.626. The highest BCUT2D eigenvalue weighted by atomic mass is 19.1. The summed E-state index contributed by atoms with van der Waals surface area (Å²) in [6.07, 6.45) is 2.90. The first-order chi connectivity index (χ1) is 4.93. The van der Waals surface area contributed by atoms with E-state index in [1.165, 1.54) is 6.33 Å². The Labute approximate surface area is 57.9 Å². The van der Waals surface area contributed by atoms with Crippen LogP contribution in [0.15, 0.2) is 18.6 Å². The van der Waals surface area contributed by atoms with Gasteiger partial charge in [-0.2, -0.15) is 0 Å². The minimum absolute atomic E-state index is 0.0526. The molecule has 4 heteroatoms. The van der Waals surface area contributed by atoms with Gasteiger partial charge in [0.05, 0.1) is 0 Å². The Morgan fingerprint density at radius 1 is 1.60 bits per heavy atom. The van der Waals surface area contributed by atoms with Crippen molar-refractivity contribution < 1.29 is 9.13 Å². The molecule has 0 unspecified atom stereocenters. The largest absolute Gasteiger partial charge is 0.475 e. The summed E-state index contributed by atoms with van der Waals surface area (Å²) in [5.74, 6) is 0.410. The van der Waals surface area contributed by atoms with Crippen LogP contribution in [0.25, 0.3) is 0 Å². The molecule has 0 aliphatic heterocycles. The van der Waals surface area contributed by atoms with E-state index in [0.29, 0.717) is 5.88 Å². The lowest BCUT2D eigenvalue weighted by atomic mass is 10.6. The van der Waals surface area contributed by atoms with Crippen LogP contribution in [0.3, 0.4) is 0 Å². The molecule has 54 valence electrons. The highest BCUT2D eigenvalue weighted by Gasteiger charge is 1.90. The fourth-order valence-corrected chi connectivity index (χ4v) is 0.507. The van der Waals surface area contributed by atoms with Gasteiger partial charge in [0.2, 0.25) is 5.88 Å². The van der Waals surface area contributed by atoms with Crippen LogP contribution in [-0.4, -0.2) is 23.2 Å². The number of hydrogen-bond donors (Lipinski definition) is 0. The molecule has 0 bridgehead atoms. The molecule has 0 aromatic carbocycles. The van der Waals surface area contributed by atoms with Crippen molar-refractivity contribution in [2.24, 2.45) is 0 Å². The minimum atomic E-state index is -0.496. The molecule has 1 aromatic heterocycles. The number of hydrogen-bond acceptors (Lipinski definition) is 3. The van der Waals surface area contributed by atoms with Gasteiger partial charge in [-0.25, -0.2) is 14.4 Å². The van der Waals surface area contributed by atoms with Gasteiger partial charge in [-0.05, 0) is 0 Å². The second-order valence-electron chi connectivity index (χ2n) is 1.59. The average Bonchev–Trinajstić information content (AvgIpc) is 2.03. The van der Waals surface area contributed by atoms with E-state index in [4.69, 9.17) is 4.74 Å². The van der Waals surface area contributed by atoms with Crippen molar-refractivity contribution in [2.45, 2.75) is 0 Å². The van der Waals surface area contributed by atoms with Crippen LogP contribution in [0.1, 0.15) is 0 Å². The number of aromatic nitrogens is 2. The van der Waals surface area contributed by atoms with Crippen molar-refractivity contribution in [1.29, 1.82) is 0 Å². The highest BCUT2D eigenvalue weighted by molar-refractivity contribution is 5.03. The second-order valence-corrected chi connectivity index (χ2v) is 1.59. The Morgan fingerprint density at radius 3 is 3.10 bits per heavy atom. The normalized spacial score (nSPS) is 9.30. The molecule has 0 saturated carbocycles. The molecule has 0 N–H and O–H groups in total. The summed E-state index contributed by atoms with van der Waals surface area (Å²) < 4.78 is 16.3. The number of nitrogens with zero attached hydrogens (tertiary/aromatic N) is 2. The Kier molecular flexibility index (Phi) is 2.61. The summed E-state index contributed by atoms with van der Waals surface area (Å²) in [6.45, 7) is -0.443. The molecule has 1 rings (SSSR count). The van der Waals surface area contributed by atoms with Crippen molar-refractivity contribution in [3.8, 4) is 5.88 Å². The molecule has 0 saturated heterocycles. The first-order valence-corrected chi connectivity index (χ1v) is 2.88. The predicted octanol–water partition coefficient (Wildman–Crippen LogP) is 0.825. The highest BCUT2D eigenvalue weighted by Crippen LogP contribution is 2.00. The van der Waals surface area contributed by atoms with Gasteiger partial charge in [0.25, 0.3) is 0 Å². The average molecular weight is 142 g/mol. The van der Waals surface area contributed by atoms with E-state index in [2.05, 4.69) is 9.97 Å². The Morgan fingerprint density at radius 2 is 2.50 bits per heavy atom. The van der Waals surface area contributed by atoms with Gasteiger partial charge in [-0.1, -0.05) is 0 Å². The Balaban J connectivity index is 2.43. The lowest BCUT2D eigenvalue weighted by Crippen LogP contribution is -1.99. The van der Waals surface area contributed by atoms with Crippen molar-refractivity contribution in [2.75, 3.05) is 13.3 Å². The van der Waals surface area contributed by atoms with Crippen molar-refractivity contribution in [3.05, 3.63) is 18.6 Å². The summed E-state index contributed by atoms with van der Waals surface area (Å²) in [7, 11) is 0. The molecule has 0 radical (unpaired) electrons. The Hall–Kier alpha value is -1.19. The van der Waals surface area contributed by atoms with Crippen LogP contribution in [0.2, 0.25) is 0 Å². The molecular formula is C6H7FN2O. The zero-order chi connectivity index (χ0) is 7.23. The van der Waals surface area contributed by atoms with E-state index in [9.17, 15) is 4.39 Å². The van der Waals surface area contributed by atoms with E-state index in [-0.39, 0.29) is 6.61 Å². The minimum Gasteiger partial charge on any atom is -0.475 e. The molecular weight excluding hydrogens is 135 g/mol. The zero-order valence-corrected chi connectivity index (χ0v) is 5.33. The number of halogens is 1. The van der Waals surface area contributed by atoms with E-state index in [0.717, 1.165) is 0 Å². The third-order valence-electron chi connectivity index (χ3n) is 0.882. The fourth-order valence-electron chi connectivity index (χ4n) is 0.507. The topological polar surface area (TPSA) is 35.0 Å². The first kappa shape index (κ1) is 6.92. The van der Waals surface area contributed by atoms with Crippen LogP contribution >= 0.6 is 0 Å². The predicted molar refractivity (Wildman–Crippen MR) is 33.5 cm³/mol. The lowest BCUT2D eigenvalue weighted by molar-refractivity contribution is 0.264. The van der Waals surface area contributed by atoms with E-state index in [1.54, 1.807) is 12.3 Å². The van der Waals surface area contributed by atoms with Gasteiger partial charge in [0.1, 0.15) is 19.6 Å². The van der Waals surface area contributed by atoms with Gasteiger partial charge >= 0.3 is 0 Å². The van der Waals surface area contributed by atoms with E-state index < -0.39 is 6.67 Å². The lowest BCUT2D eigenvalue weighted by Gasteiger charge is -1.98. The van der Waals surface area contributed by atoms with Crippen molar-refractivity contribution >= 4 is 0 Å². The summed E-state index contributed by atoms with van der Waals surface area (Å²) in [5.41, 5.74) is 0. The van der Waals surface area contributed by atoms with Crippen LogP contribution in [-0.2, 0) is 0 Å². The Bertz CT molecular complexity index is 180. The molecule has 0 aliphatic rings. The zero-order valence-electron chi connectivity index (χ0n) is 5.33. The molecule has 0 fully saturated rings. The summed E-state index contributed by atoms with van der Waals surface area (Å²) in [4.78, 5) is 7.38. The molecule has 3 nitrogen and oxygen atoms in total. The van der Waals surface area contributed by atoms with E-state index >= 15 is 0 Å². The molecule has 10 heavy (non-hydrogen) atoms. The van der Waals surface area contributed by atoms with Gasteiger partial charge in [-0.15, -0.1) is 0 Å². The number of ether oxygens (including phenoxy) is 1. The summed E-state index contributed by atoms with van der Waals surface area (Å²) in [6, 6.07) is 1.58. The van der Waals surface area contributed by atoms with Gasteiger partial charge in [0, 0.05) is 12.3 Å². The molecule has 0 atom stereocenters. The van der Waals surface area contributed by atoms with Crippen molar-refractivity contribution in [3.63, 3.8) is 0 Å². The maximum Gasteiger partial charge on any atom is 0.216 e. The van der Waals surface area contributed by atoms with Crippen LogP contribution < -0.4 is 4.74 Å². The summed E-state index contributed by atoms with van der Waals surface area (Å²) >= 11 is 0. The van der Waals surface area contributed by atoms with Crippen LogP contribution in [0, 0.1) is 0 Å². The maximum atomic E-state index is 11.5. The molecule has 0 amide bonds. The molecule has 1 aromatic rings.